The lowest BCUT2D eigenvalue weighted by Gasteiger charge is -2.37. The predicted molar refractivity (Wildman–Crippen MR) is 63.9 cm³/mol. The fraction of sp³-hybridized carbons (Fsp3) is 1.00. The van der Waals surface area contributed by atoms with E-state index in [1.54, 1.807) is 7.11 Å². The predicted octanol–water partition coefficient (Wildman–Crippen LogP) is 1.33. The molecule has 1 heterocycles. The van der Waals surface area contributed by atoms with E-state index in [-0.39, 0.29) is 5.54 Å². The molecule has 1 rings (SSSR count). The molecule has 2 unspecified atom stereocenters. The summed E-state index contributed by atoms with van der Waals surface area (Å²) in [7, 11) is 1.75. The molecule has 0 aromatic heterocycles. The Morgan fingerprint density at radius 1 is 1.53 bits per heavy atom. The Hall–Kier alpha value is -0.120. The number of hydrogen-bond acceptors (Lipinski definition) is 3. The highest BCUT2D eigenvalue weighted by Crippen LogP contribution is 2.29. The minimum Gasteiger partial charge on any atom is -0.383 e. The average Bonchev–Trinajstić information content (AvgIpc) is 2.67. The van der Waals surface area contributed by atoms with Gasteiger partial charge in [-0.1, -0.05) is 13.8 Å². The Morgan fingerprint density at radius 3 is 2.60 bits per heavy atom. The molecule has 2 atom stereocenters. The molecule has 1 fully saturated rings. The van der Waals surface area contributed by atoms with E-state index in [2.05, 4.69) is 25.7 Å². The highest BCUT2D eigenvalue weighted by atomic mass is 16.5. The molecule has 90 valence electrons. The minimum absolute atomic E-state index is 0.0262. The number of rotatable bonds is 5. The number of ether oxygens (including phenoxy) is 1. The molecule has 1 aliphatic rings. The third kappa shape index (κ3) is 2.92. The fourth-order valence-electron chi connectivity index (χ4n) is 2.41. The molecule has 0 aromatic carbocycles. The summed E-state index contributed by atoms with van der Waals surface area (Å²) in [6.07, 6.45) is 1.30. The van der Waals surface area contributed by atoms with Crippen LogP contribution in [0.25, 0.3) is 0 Å². The average molecular weight is 214 g/mol. The summed E-state index contributed by atoms with van der Waals surface area (Å²) in [5.74, 6) is 1.60. The molecule has 0 bridgehead atoms. The SMILES string of the molecule is COCC(C)(CN)N1CCC(C(C)C)C1. The van der Waals surface area contributed by atoms with Crippen molar-refractivity contribution in [2.45, 2.75) is 32.7 Å². The first-order valence-electron chi connectivity index (χ1n) is 5.97. The maximum absolute atomic E-state index is 5.87. The Kier molecular flexibility index (Phi) is 4.56. The fourth-order valence-corrected chi connectivity index (χ4v) is 2.41. The van der Waals surface area contributed by atoms with Gasteiger partial charge in [0.05, 0.1) is 12.1 Å². The van der Waals surface area contributed by atoms with Crippen LogP contribution in [0.15, 0.2) is 0 Å². The quantitative estimate of drug-likeness (QED) is 0.750. The van der Waals surface area contributed by atoms with Crippen LogP contribution in [-0.2, 0) is 4.74 Å². The van der Waals surface area contributed by atoms with Gasteiger partial charge >= 0.3 is 0 Å². The van der Waals surface area contributed by atoms with Crippen LogP contribution in [0.3, 0.4) is 0 Å². The zero-order chi connectivity index (χ0) is 11.5. The van der Waals surface area contributed by atoms with Crippen LogP contribution in [0.2, 0.25) is 0 Å². The van der Waals surface area contributed by atoms with Gasteiger partial charge in [-0.3, -0.25) is 4.90 Å². The first kappa shape index (κ1) is 12.9. The number of nitrogens with two attached hydrogens (primary N) is 1. The molecule has 0 aliphatic carbocycles. The molecule has 1 aliphatic heterocycles. The Labute approximate surface area is 94.0 Å². The van der Waals surface area contributed by atoms with Gasteiger partial charge in [-0.2, -0.15) is 0 Å². The molecule has 0 spiro atoms. The molecule has 15 heavy (non-hydrogen) atoms. The summed E-state index contributed by atoms with van der Waals surface area (Å²) >= 11 is 0. The van der Waals surface area contributed by atoms with Crippen molar-refractivity contribution in [1.29, 1.82) is 0 Å². The molecule has 0 radical (unpaired) electrons. The summed E-state index contributed by atoms with van der Waals surface area (Å²) in [6.45, 7) is 10.6. The van der Waals surface area contributed by atoms with E-state index in [0.29, 0.717) is 6.54 Å². The van der Waals surface area contributed by atoms with E-state index in [1.807, 2.05) is 0 Å². The molecule has 2 N–H and O–H groups in total. The van der Waals surface area contributed by atoms with Gasteiger partial charge in [0.15, 0.2) is 0 Å². The van der Waals surface area contributed by atoms with E-state index in [0.717, 1.165) is 18.4 Å². The summed E-state index contributed by atoms with van der Waals surface area (Å²) < 4.78 is 5.28. The van der Waals surface area contributed by atoms with Gasteiger partial charge in [-0.15, -0.1) is 0 Å². The summed E-state index contributed by atoms with van der Waals surface area (Å²) in [5.41, 5.74) is 5.90. The number of methoxy groups -OCH3 is 1. The van der Waals surface area contributed by atoms with E-state index in [4.69, 9.17) is 10.5 Å². The molecule has 1 saturated heterocycles. The van der Waals surface area contributed by atoms with Crippen molar-refractivity contribution in [2.24, 2.45) is 17.6 Å². The van der Waals surface area contributed by atoms with E-state index in [1.165, 1.54) is 19.5 Å². The summed E-state index contributed by atoms with van der Waals surface area (Å²) in [5, 5.41) is 0. The highest BCUT2D eigenvalue weighted by molar-refractivity contribution is 4.92. The van der Waals surface area contributed by atoms with Crippen LogP contribution >= 0.6 is 0 Å². The van der Waals surface area contributed by atoms with Crippen molar-refractivity contribution in [3.8, 4) is 0 Å². The maximum atomic E-state index is 5.87. The molecule has 3 nitrogen and oxygen atoms in total. The molecular weight excluding hydrogens is 188 g/mol. The zero-order valence-electron chi connectivity index (χ0n) is 10.6. The Balaban J connectivity index is 2.57. The van der Waals surface area contributed by atoms with Crippen molar-refractivity contribution < 1.29 is 4.74 Å². The summed E-state index contributed by atoms with van der Waals surface area (Å²) in [6, 6.07) is 0. The summed E-state index contributed by atoms with van der Waals surface area (Å²) in [4.78, 5) is 2.50. The van der Waals surface area contributed by atoms with Gasteiger partial charge < -0.3 is 10.5 Å². The third-order valence-corrected chi connectivity index (χ3v) is 3.83. The topological polar surface area (TPSA) is 38.5 Å². The normalized spacial score (nSPS) is 27.2. The maximum Gasteiger partial charge on any atom is 0.0656 e. The van der Waals surface area contributed by atoms with Gasteiger partial charge in [0, 0.05) is 20.2 Å². The second-order valence-electron chi connectivity index (χ2n) is 5.37. The lowest BCUT2D eigenvalue weighted by Crippen LogP contribution is -2.53. The smallest absolute Gasteiger partial charge is 0.0656 e. The standard InChI is InChI=1S/C12H26N2O/c1-10(2)11-5-6-14(7-11)12(3,8-13)9-15-4/h10-11H,5-9,13H2,1-4H3. The van der Waals surface area contributed by atoms with Crippen LogP contribution in [0.4, 0.5) is 0 Å². The van der Waals surface area contributed by atoms with Gasteiger partial charge in [0.2, 0.25) is 0 Å². The van der Waals surface area contributed by atoms with E-state index in [9.17, 15) is 0 Å². The Bertz CT molecular complexity index is 196. The van der Waals surface area contributed by atoms with Crippen LogP contribution in [0, 0.1) is 11.8 Å². The van der Waals surface area contributed by atoms with E-state index >= 15 is 0 Å². The third-order valence-electron chi connectivity index (χ3n) is 3.83. The molecular formula is C12H26N2O. The van der Waals surface area contributed by atoms with Crippen LogP contribution in [0.5, 0.6) is 0 Å². The largest absolute Gasteiger partial charge is 0.383 e. The highest BCUT2D eigenvalue weighted by Gasteiger charge is 2.36. The van der Waals surface area contributed by atoms with Crippen molar-refractivity contribution in [2.75, 3.05) is 33.4 Å². The van der Waals surface area contributed by atoms with E-state index < -0.39 is 0 Å². The molecule has 0 saturated carbocycles. The molecule has 0 aromatic rings. The molecule has 0 amide bonds. The zero-order valence-corrected chi connectivity index (χ0v) is 10.6. The monoisotopic (exact) mass is 214 g/mol. The van der Waals surface area contributed by atoms with Crippen LogP contribution < -0.4 is 5.73 Å². The van der Waals surface area contributed by atoms with Gasteiger partial charge in [-0.25, -0.2) is 0 Å². The van der Waals surface area contributed by atoms with Gasteiger partial charge in [-0.05, 0) is 31.7 Å². The second-order valence-corrected chi connectivity index (χ2v) is 5.37. The van der Waals surface area contributed by atoms with Crippen LogP contribution in [0.1, 0.15) is 27.2 Å². The Morgan fingerprint density at radius 2 is 2.20 bits per heavy atom. The lowest BCUT2D eigenvalue weighted by atomic mass is 9.95. The first-order valence-corrected chi connectivity index (χ1v) is 5.97. The second kappa shape index (κ2) is 5.28. The van der Waals surface area contributed by atoms with Crippen molar-refractivity contribution in [1.82, 2.24) is 4.90 Å². The van der Waals surface area contributed by atoms with Crippen LogP contribution in [-0.4, -0.2) is 43.8 Å². The van der Waals surface area contributed by atoms with Gasteiger partial charge in [0.25, 0.3) is 0 Å². The van der Waals surface area contributed by atoms with Gasteiger partial charge in [0.1, 0.15) is 0 Å². The number of nitrogens with zero attached hydrogens (tertiary/aromatic N) is 1. The van der Waals surface area contributed by atoms with Crippen molar-refractivity contribution in [3.05, 3.63) is 0 Å². The molecule has 3 heteroatoms. The number of likely N-dealkylation sites (tertiary alicyclic amines) is 1. The first-order chi connectivity index (χ1) is 7.03. The minimum atomic E-state index is 0.0262. The number of hydrogen-bond donors (Lipinski definition) is 1. The van der Waals surface area contributed by atoms with Crippen molar-refractivity contribution in [3.63, 3.8) is 0 Å². The van der Waals surface area contributed by atoms with Crippen molar-refractivity contribution >= 4 is 0 Å². The lowest BCUT2D eigenvalue weighted by molar-refractivity contribution is 0.0387.